The molecular formula is C12H18N2O2. The summed E-state index contributed by atoms with van der Waals surface area (Å²) in [6.07, 6.45) is 0. The van der Waals surface area contributed by atoms with Crippen molar-refractivity contribution in [2.75, 3.05) is 13.8 Å². The van der Waals surface area contributed by atoms with E-state index in [-0.39, 0.29) is 5.91 Å². The van der Waals surface area contributed by atoms with Crippen LogP contribution in [0.4, 0.5) is 0 Å². The van der Waals surface area contributed by atoms with Crippen LogP contribution in [0.2, 0.25) is 0 Å². The lowest BCUT2D eigenvalue weighted by atomic mass is 10.1. The Labute approximate surface area is 96.0 Å². The molecule has 0 aliphatic heterocycles. The van der Waals surface area contributed by atoms with Gasteiger partial charge in [0.2, 0.25) is 5.91 Å². The summed E-state index contributed by atoms with van der Waals surface area (Å²) >= 11 is 0. The van der Waals surface area contributed by atoms with Crippen molar-refractivity contribution >= 4 is 5.91 Å². The van der Waals surface area contributed by atoms with E-state index >= 15 is 0 Å². The Hall–Kier alpha value is -1.39. The predicted octanol–water partition coefficient (Wildman–Crippen LogP) is 1.02. The second-order valence-electron chi connectivity index (χ2n) is 3.59. The first-order valence-electron chi connectivity index (χ1n) is 5.24. The lowest BCUT2D eigenvalue weighted by Gasteiger charge is -2.07. The van der Waals surface area contributed by atoms with Gasteiger partial charge in [0.1, 0.15) is 0 Å². The highest BCUT2D eigenvalue weighted by Crippen LogP contribution is 2.04. The van der Waals surface area contributed by atoms with Gasteiger partial charge in [-0.15, -0.1) is 0 Å². The molecule has 0 radical (unpaired) electrons. The van der Waals surface area contributed by atoms with Crippen LogP contribution in [0, 0.1) is 0 Å². The molecule has 1 amide bonds. The molecule has 0 bridgehead atoms. The number of ether oxygens (including phenoxy) is 1. The van der Waals surface area contributed by atoms with Gasteiger partial charge in [-0.1, -0.05) is 24.3 Å². The highest BCUT2D eigenvalue weighted by Gasteiger charge is 1.97. The van der Waals surface area contributed by atoms with E-state index in [2.05, 4.69) is 16.7 Å². The van der Waals surface area contributed by atoms with E-state index in [9.17, 15) is 4.79 Å². The summed E-state index contributed by atoms with van der Waals surface area (Å²) in [7, 11) is 1.65. The molecule has 0 saturated carbocycles. The van der Waals surface area contributed by atoms with Crippen molar-refractivity contribution in [3.05, 3.63) is 35.4 Å². The molecule has 4 nitrogen and oxygen atoms in total. The quantitative estimate of drug-likeness (QED) is 0.558. The summed E-state index contributed by atoms with van der Waals surface area (Å²) in [4.78, 5) is 10.8. The molecule has 1 aromatic rings. The number of amides is 1. The van der Waals surface area contributed by atoms with E-state index in [1.165, 1.54) is 12.5 Å². The van der Waals surface area contributed by atoms with E-state index in [1.807, 2.05) is 18.2 Å². The molecule has 2 N–H and O–H groups in total. The van der Waals surface area contributed by atoms with Gasteiger partial charge in [0, 0.05) is 27.1 Å². The average molecular weight is 222 g/mol. The topological polar surface area (TPSA) is 50.4 Å². The molecule has 0 fully saturated rings. The maximum absolute atomic E-state index is 10.8. The Kier molecular flexibility index (Phi) is 5.53. The zero-order valence-electron chi connectivity index (χ0n) is 9.75. The number of hydrogen-bond acceptors (Lipinski definition) is 3. The molecule has 1 aromatic carbocycles. The van der Waals surface area contributed by atoms with Crippen molar-refractivity contribution in [1.82, 2.24) is 10.6 Å². The van der Waals surface area contributed by atoms with E-state index in [0.717, 1.165) is 12.1 Å². The Balaban J connectivity index is 2.46. The maximum atomic E-state index is 10.8. The van der Waals surface area contributed by atoms with Gasteiger partial charge in [-0.05, 0) is 11.1 Å². The maximum Gasteiger partial charge on any atom is 0.217 e. The van der Waals surface area contributed by atoms with Crippen molar-refractivity contribution in [3.63, 3.8) is 0 Å². The Morgan fingerprint density at radius 2 is 2.00 bits per heavy atom. The summed E-state index contributed by atoms with van der Waals surface area (Å²) in [6, 6.07) is 8.09. The normalized spacial score (nSPS) is 10.1. The number of carbonyl (C=O) groups is 1. The number of methoxy groups -OCH3 is 1. The van der Waals surface area contributed by atoms with Gasteiger partial charge >= 0.3 is 0 Å². The minimum atomic E-state index is -0.0112. The molecule has 4 heteroatoms. The first-order valence-corrected chi connectivity index (χ1v) is 5.24. The highest BCUT2D eigenvalue weighted by molar-refractivity contribution is 5.72. The van der Waals surface area contributed by atoms with Crippen LogP contribution in [0.1, 0.15) is 18.1 Å². The molecule has 0 aliphatic carbocycles. The van der Waals surface area contributed by atoms with Crippen LogP contribution in [0.15, 0.2) is 24.3 Å². The fraction of sp³-hybridized carbons (Fsp3) is 0.417. The van der Waals surface area contributed by atoms with Gasteiger partial charge < -0.3 is 10.1 Å². The summed E-state index contributed by atoms with van der Waals surface area (Å²) in [6.45, 7) is 3.40. The number of carbonyl (C=O) groups excluding carboxylic acids is 1. The zero-order valence-corrected chi connectivity index (χ0v) is 9.75. The molecule has 0 saturated heterocycles. The number of rotatable bonds is 6. The van der Waals surface area contributed by atoms with Crippen LogP contribution < -0.4 is 10.6 Å². The zero-order chi connectivity index (χ0) is 11.8. The third kappa shape index (κ3) is 4.91. The monoisotopic (exact) mass is 222 g/mol. The summed E-state index contributed by atoms with van der Waals surface area (Å²) in [5.41, 5.74) is 2.28. The summed E-state index contributed by atoms with van der Waals surface area (Å²) in [5, 5.41) is 5.91. The standard InChI is InChI=1S/C12H18N2O2/c1-10(15)14-8-12-5-3-4-11(6-12)7-13-9-16-2/h3-6,13H,7-9H2,1-2H3,(H,14,15). The van der Waals surface area contributed by atoms with Gasteiger partial charge in [-0.2, -0.15) is 0 Å². The van der Waals surface area contributed by atoms with Crippen molar-refractivity contribution in [2.24, 2.45) is 0 Å². The van der Waals surface area contributed by atoms with Gasteiger partial charge in [-0.25, -0.2) is 0 Å². The third-order valence-corrected chi connectivity index (χ3v) is 2.11. The molecule has 0 aliphatic rings. The minimum absolute atomic E-state index is 0.0112. The van der Waals surface area contributed by atoms with Crippen LogP contribution in [-0.2, 0) is 22.6 Å². The smallest absolute Gasteiger partial charge is 0.217 e. The molecule has 0 unspecified atom stereocenters. The van der Waals surface area contributed by atoms with Crippen molar-refractivity contribution in [2.45, 2.75) is 20.0 Å². The number of hydrogen-bond donors (Lipinski definition) is 2. The molecule has 16 heavy (non-hydrogen) atoms. The minimum Gasteiger partial charge on any atom is -0.370 e. The summed E-state index contributed by atoms with van der Waals surface area (Å²) < 4.78 is 4.90. The van der Waals surface area contributed by atoms with Gasteiger partial charge in [0.05, 0.1) is 6.73 Å². The molecule has 0 spiro atoms. The van der Waals surface area contributed by atoms with E-state index < -0.39 is 0 Å². The lowest BCUT2D eigenvalue weighted by molar-refractivity contribution is -0.119. The highest BCUT2D eigenvalue weighted by atomic mass is 16.5. The summed E-state index contributed by atoms with van der Waals surface area (Å²) in [5.74, 6) is -0.0112. The van der Waals surface area contributed by atoms with Crippen LogP contribution in [0.5, 0.6) is 0 Å². The second kappa shape index (κ2) is 6.98. The lowest BCUT2D eigenvalue weighted by Crippen LogP contribution is -2.19. The molecular weight excluding hydrogens is 204 g/mol. The van der Waals surface area contributed by atoms with Crippen LogP contribution >= 0.6 is 0 Å². The van der Waals surface area contributed by atoms with E-state index in [1.54, 1.807) is 7.11 Å². The largest absolute Gasteiger partial charge is 0.370 e. The van der Waals surface area contributed by atoms with Crippen LogP contribution in [0.3, 0.4) is 0 Å². The van der Waals surface area contributed by atoms with Crippen LogP contribution in [0.25, 0.3) is 0 Å². The Morgan fingerprint density at radius 1 is 1.31 bits per heavy atom. The van der Waals surface area contributed by atoms with Crippen molar-refractivity contribution in [3.8, 4) is 0 Å². The molecule has 0 atom stereocenters. The first kappa shape index (κ1) is 12.7. The van der Waals surface area contributed by atoms with Gasteiger partial charge in [-0.3, -0.25) is 10.1 Å². The van der Waals surface area contributed by atoms with Gasteiger partial charge in [0.15, 0.2) is 0 Å². The van der Waals surface area contributed by atoms with Crippen LogP contribution in [-0.4, -0.2) is 19.7 Å². The van der Waals surface area contributed by atoms with Gasteiger partial charge in [0.25, 0.3) is 0 Å². The van der Waals surface area contributed by atoms with Crippen molar-refractivity contribution in [1.29, 1.82) is 0 Å². The predicted molar refractivity (Wildman–Crippen MR) is 62.7 cm³/mol. The first-order chi connectivity index (χ1) is 7.72. The third-order valence-electron chi connectivity index (χ3n) is 2.11. The van der Waals surface area contributed by atoms with E-state index in [0.29, 0.717) is 13.3 Å². The fourth-order valence-corrected chi connectivity index (χ4v) is 1.37. The van der Waals surface area contributed by atoms with E-state index in [4.69, 9.17) is 4.74 Å². The SMILES string of the molecule is COCNCc1cccc(CNC(C)=O)c1. The molecule has 0 heterocycles. The molecule has 88 valence electrons. The Bertz CT molecular complexity index is 340. The Morgan fingerprint density at radius 3 is 2.62 bits per heavy atom. The van der Waals surface area contributed by atoms with Crippen molar-refractivity contribution < 1.29 is 9.53 Å². The average Bonchev–Trinajstić information content (AvgIpc) is 2.27. The number of nitrogens with one attached hydrogen (secondary N) is 2. The second-order valence-corrected chi connectivity index (χ2v) is 3.59. The molecule has 1 rings (SSSR count). The number of benzene rings is 1. The fourth-order valence-electron chi connectivity index (χ4n) is 1.37. The molecule has 0 aromatic heterocycles.